The van der Waals surface area contributed by atoms with Gasteiger partial charge in [-0.1, -0.05) is 17.7 Å². The van der Waals surface area contributed by atoms with Gasteiger partial charge in [0.05, 0.1) is 31.2 Å². The number of rotatable bonds is 8. The number of nitrogens with one attached hydrogen (secondary N) is 1. The summed E-state index contributed by atoms with van der Waals surface area (Å²) in [5, 5.41) is 2.91. The van der Waals surface area contributed by atoms with Crippen molar-refractivity contribution in [1.29, 1.82) is 0 Å². The summed E-state index contributed by atoms with van der Waals surface area (Å²) in [6, 6.07) is 9.51. The van der Waals surface area contributed by atoms with Crippen LogP contribution in [-0.4, -0.2) is 46.3 Å². The smallest absolute Gasteiger partial charge is 0.338 e. The molecule has 1 N–H and O–H groups in total. The summed E-state index contributed by atoms with van der Waals surface area (Å²) in [5.74, 6) is -0.889. The van der Waals surface area contributed by atoms with Crippen LogP contribution in [0.5, 0.6) is 5.75 Å². The quantitative estimate of drug-likeness (QED) is 0.614. The van der Waals surface area contributed by atoms with Gasteiger partial charge in [0.2, 0.25) is 15.9 Å². The van der Waals surface area contributed by atoms with Crippen molar-refractivity contribution in [3.8, 4) is 5.75 Å². The molecule has 1 atom stereocenters. The van der Waals surface area contributed by atoms with Gasteiger partial charge < -0.3 is 14.8 Å². The predicted octanol–water partition coefficient (Wildman–Crippen LogP) is 3.32. The second-order valence-corrected chi connectivity index (χ2v) is 8.64. The third-order valence-electron chi connectivity index (χ3n) is 4.11. The van der Waals surface area contributed by atoms with Crippen LogP contribution >= 0.6 is 11.6 Å². The normalized spacial score (nSPS) is 12.0. The minimum absolute atomic E-state index is 0.135. The molecule has 0 heterocycles. The average molecular weight is 455 g/mol. The molecule has 2 aromatic rings. The van der Waals surface area contributed by atoms with E-state index < -0.39 is 27.9 Å². The SMILES string of the molecule is CCOC(=O)c1cccc(NC(=O)[C@H](C)N(c2cc(Cl)ccc2OC)S(C)(=O)=O)c1. The van der Waals surface area contributed by atoms with Crippen molar-refractivity contribution in [3.05, 3.63) is 53.1 Å². The van der Waals surface area contributed by atoms with Crippen LogP contribution in [0, 0.1) is 0 Å². The molecule has 0 saturated carbocycles. The Kier molecular flexibility index (Phi) is 7.69. The number of carbonyl (C=O) groups excluding carboxylic acids is 2. The summed E-state index contributed by atoms with van der Waals surface area (Å²) in [5.41, 5.74) is 0.720. The van der Waals surface area contributed by atoms with Crippen molar-refractivity contribution in [1.82, 2.24) is 0 Å². The Morgan fingerprint density at radius 3 is 2.50 bits per heavy atom. The second kappa shape index (κ2) is 9.82. The van der Waals surface area contributed by atoms with Crippen LogP contribution < -0.4 is 14.4 Å². The number of methoxy groups -OCH3 is 1. The maximum Gasteiger partial charge on any atom is 0.338 e. The Labute approximate surface area is 180 Å². The summed E-state index contributed by atoms with van der Waals surface area (Å²) in [7, 11) is -2.49. The largest absolute Gasteiger partial charge is 0.495 e. The van der Waals surface area contributed by atoms with Crippen LogP contribution in [0.1, 0.15) is 24.2 Å². The lowest BCUT2D eigenvalue weighted by atomic mass is 10.2. The van der Waals surface area contributed by atoms with Crippen LogP contribution in [0.4, 0.5) is 11.4 Å². The topological polar surface area (TPSA) is 102 Å². The minimum Gasteiger partial charge on any atom is -0.495 e. The number of hydrogen-bond acceptors (Lipinski definition) is 6. The molecule has 0 aliphatic heterocycles. The first-order valence-corrected chi connectivity index (χ1v) is 11.2. The van der Waals surface area contributed by atoms with Gasteiger partial charge in [-0.15, -0.1) is 0 Å². The van der Waals surface area contributed by atoms with Gasteiger partial charge in [0.1, 0.15) is 11.8 Å². The molecule has 0 aromatic heterocycles. The highest BCUT2D eigenvalue weighted by Crippen LogP contribution is 2.34. The van der Waals surface area contributed by atoms with Gasteiger partial charge in [-0.2, -0.15) is 0 Å². The van der Waals surface area contributed by atoms with Crippen molar-refractivity contribution in [2.75, 3.05) is 29.6 Å². The first-order chi connectivity index (χ1) is 14.1. The molecule has 0 aliphatic carbocycles. The molecule has 162 valence electrons. The molecule has 0 bridgehead atoms. The van der Waals surface area contributed by atoms with Crippen molar-refractivity contribution >= 4 is 44.9 Å². The van der Waals surface area contributed by atoms with Crippen LogP contribution in [-0.2, 0) is 19.6 Å². The van der Waals surface area contributed by atoms with Crippen LogP contribution in [0.2, 0.25) is 5.02 Å². The standard InChI is InChI=1S/C20H23ClN2O6S/c1-5-29-20(25)14-7-6-8-16(11-14)22-19(24)13(2)23(30(4,26)27)17-12-15(21)9-10-18(17)28-3/h6-13H,5H2,1-4H3,(H,22,24)/t13-/m0/s1. The zero-order valence-electron chi connectivity index (χ0n) is 17.0. The molecule has 1 amide bonds. The number of nitrogens with zero attached hydrogens (tertiary/aromatic N) is 1. The molecule has 0 spiro atoms. The lowest BCUT2D eigenvalue weighted by molar-refractivity contribution is -0.116. The molecule has 30 heavy (non-hydrogen) atoms. The van der Waals surface area contributed by atoms with Gasteiger partial charge in [0.25, 0.3) is 0 Å². The summed E-state index contributed by atoms with van der Waals surface area (Å²) in [4.78, 5) is 24.8. The highest BCUT2D eigenvalue weighted by Gasteiger charge is 2.31. The van der Waals surface area contributed by atoms with E-state index >= 15 is 0 Å². The van der Waals surface area contributed by atoms with Crippen molar-refractivity contribution < 1.29 is 27.5 Å². The summed E-state index contributed by atoms with van der Waals surface area (Å²) in [6.45, 7) is 3.35. The van der Waals surface area contributed by atoms with Crippen LogP contribution in [0.15, 0.2) is 42.5 Å². The van der Waals surface area contributed by atoms with Crippen LogP contribution in [0.25, 0.3) is 0 Å². The second-order valence-electron chi connectivity index (χ2n) is 6.34. The van der Waals surface area contributed by atoms with E-state index in [0.29, 0.717) is 5.69 Å². The van der Waals surface area contributed by atoms with E-state index in [1.54, 1.807) is 31.2 Å². The lowest BCUT2D eigenvalue weighted by Gasteiger charge is -2.29. The van der Waals surface area contributed by atoms with E-state index in [1.165, 1.54) is 32.2 Å². The first-order valence-electron chi connectivity index (χ1n) is 8.99. The highest BCUT2D eigenvalue weighted by molar-refractivity contribution is 7.92. The van der Waals surface area contributed by atoms with Crippen molar-refractivity contribution in [3.63, 3.8) is 0 Å². The Morgan fingerprint density at radius 1 is 1.20 bits per heavy atom. The number of anilines is 2. The van der Waals surface area contributed by atoms with E-state index in [2.05, 4.69) is 5.32 Å². The van der Waals surface area contributed by atoms with Crippen LogP contribution in [0.3, 0.4) is 0 Å². The molecule has 0 radical (unpaired) electrons. The fraction of sp³-hybridized carbons (Fsp3) is 0.300. The summed E-state index contributed by atoms with van der Waals surface area (Å²) >= 11 is 6.03. The molecule has 8 nitrogen and oxygen atoms in total. The van der Waals surface area contributed by atoms with Crippen molar-refractivity contribution in [2.24, 2.45) is 0 Å². The number of halogens is 1. The van der Waals surface area contributed by atoms with Gasteiger partial charge >= 0.3 is 5.97 Å². The Bertz CT molecular complexity index is 1040. The number of benzene rings is 2. The summed E-state index contributed by atoms with van der Waals surface area (Å²) < 4.78 is 36.1. The maximum atomic E-state index is 12.9. The minimum atomic E-state index is -3.87. The fourth-order valence-corrected chi connectivity index (χ4v) is 4.14. The van der Waals surface area contributed by atoms with E-state index in [4.69, 9.17) is 21.1 Å². The number of carbonyl (C=O) groups is 2. The molecule has 0 fully saturated rings. The third-order valence-corrected chi connectivity index (χ3v) is 5.57. The van der Waals surface area contributed by atoms with Gasteiger partial charge in [-0.3, -0.25) is 9.10 Å². The molecule has 2 aromatic carbocycles. The number of sulfonamides is 1. The Balaban J connectivity index is 2.35. The molecule has 0 unspecified atom stereocenters. The molecule has 2 rings (SSSR count). The van der Waals surface area contributed by atoms with Crippen molar-refractivity contribution in [2.45, 2.75) is 19.9 Å². The Hall–Kier alpha value is -2.78. The molecular weight excluding hydrogens is 432 g/mol. The number of amides is 1. The van der Waals surface area contributed by atoms with E-state index in [1.807, 2.05) is 0 Å². The molecular formula is C20H23ClN2O6S. The number of esters is 1. The summed E-state index contributed by atoms with van der Waals surface area (Å²) in [6.07, 6.45) is 0.985. The third kappa shape index (κ3) is 5.64. The molecule has 0 saturated heterocycles. The molecule has 0 aliphatic rings. The lowest BCUT2D eigenvalue weighted by Crippen LogP contribution is -2.45. The molecule has 10 heteroatoms. The van der Waals surface area contributed by atoms with E-state index in [0.717, 1.165) is 10.6 Å². The van der Waals surface area contributed by atoms with Gasteiger partial charge in [-0.05, 0) is 50.2 Å². The predicted molar refractivity (Wildman–Crippen MR) is 116 cm³/mol. The first kappa shape index (κ1) is 23.5. The van der Waals surface area contributed by atoms with E-state index in [9.17, 15) is 18.0 Å². The van der Waals surface area contributed by atoms with Gasteiger partial charge in [0, 0.05) is 10.7 Å². The Morgan fingerprint density at radius 2 is 1.90 bits per heavy atom. The number of ether oxygens (including phenoxy) is 2. The monoisotopic (exact) mass is 454 g/mol. The van der Waals surface area contributed by atoms with Gasteiger partial charge in [-0.25, -0.2) is 13.2 Å². The average Bonchev–Trinajstić information content (AvgIpc) is 2.67. The zero-order chi connectivity index (χ0) is 22.5. The van der Waals surface area contributed by atoms with Gasteiger partial charge in [0.15, 0.2) is 0 Å². The highest BCUT2D eigenvalue weighted by atomic mass is 35.5. The fourth-order valence-electron chi connectivity index (χ4n) is 2.80. The number of hydrogen-bond donors (Lipinski definition) is 1. The maximum absolute atomic E-state index is 12.9. The zero-order valence-corrected chi connectivity index (χ0v) is 18.6. The van der Waals surface area contributed by atoms with E-state index in [-0.39, 0.29) is 28.6 Å².